The Labute approximate surface area is 196 Å². The molecule has 3 heterocycles. The van der Waals surface area contributed by atoms with Crippen molar-refractivity contribution in [2.45, 2.75) is 38.0 Å². The van der Waals surface area contributed by atoms with Gasteiger partial charge in [-0.15, -0.1) is 0 Å². The number of aromatic hydroxyl groups is 1. The Morgan fingerprint density at radius 3 is 2.71 bits per heavy atom. The molecule has 0 aliphatic carbocycles. The highest BCUT2D eigenvalue weighted by molar-refractivity contribution is 5.67. The highest BCUT2D eigenvalue weighted by Gasteiger charge is 2.47. The Kier molecular flexibility index (Phi) is 5.39. The van der Waals surface area contributed by atoms with Crippen molar-refractivity contribution in [1.29, 1.82) is 0 Å². The van der Waals surface area contributed by atoms with Crippen LogP contribution in [-0.2, 0) is 11.3 Å². The lowest BCUT2D eigenvalue weighted by Crippen LogP contribution is -2.46. The number of anilines is 2. The van der Waals surface area contributed by atoms with Crippen LogP contribution in [0.15, 0.2) is 45.0 Å². The molecule has 1 aliphatic heterocycles. The first-order chi connectivity index (χ1) is 16.7. The normalized spacial score (nSPS) is 22.3. The fraction of sp³-hybridized carbons (Fsp3) is 0.318. The fourth-order valence-corrected chi connectivity index (χ4v) is 4.36. The minimum absolute atomic E-state index is 0.133. The molecule has 0 amide bonds. The molecule has 5 rings (SSSR count). The maximum atomic E-state index is 12.8. The van der Waals surface area contributed by atoms with E-state index in [0.29, 0.717) is 6.54 Å². The van der Waals surface area contributed by atoms with Gasteiger partial charge in [-0.25, -0.2) is 4.57 Å². The first-order valence-corrected chi connectivity index (χ1v) is 10.8. The molecule has 1 fully saturated rings. The molecule has 7 N–H and O–H groups in total. The zero-order valence-corrected chi connectivity index (χ0v) is 18.5. The van der Waals surface area contributed by atoms with Crippen LogP contribution in [0.2, 0.25) is 0 Å². The molecule has 35 heavy (non-hydrogen) atoms. The molecule has 0 unspecified atom stereocenters. The summed E-state index contributed by atoms with van der Waals surface area (Å²) in [5, 5.41) is 33.4. The van der Waals surface area contributed by atoms with E-state index in [9.17, 15) is 29.7 Å². The van der Waals surface area contributed by atoms with Crippen molar-refractivity contribution < 1.29 is 24.6 Å². The molecular weight excluding hydrogens is 460 g/mol. The zero-order valence-electron chi connectivity index (χ0n) is 18.5. The van der Waals surface area contributed by atoms with E-state index in [1.807, 2.05) is 31.2 Å². The van der Waals surface area contributed by atoms with E-state index in [1.54, 1.807) is 10.9 Å². The summed E-state index contributed by atoms with van der Waals surface area (Å²) in [5.74, 6) is -0.821. The lowest BCUT2D eigenvalue weighted by Gasteiger charge is -2.16. The van der Waals surface area contributed by atoms with Crippen LogP contribution in [0, 0.1) is 6.92 Å². The zero-order chi connectivity index (χ0) is 25.0. The molecule has 2 aromatic carbocycles. The van der Waals surface area contributed by atoms with Gasteiger partial charge in [0.25, 0.3) is 22.4 Å². The van der Waals surface area contributed by atoms with Crippen molar-refractivity contribution in [2.75, 3.05) is 17.6 Å². The largest absolute Gasteiger partial charge is 0.502 e. The number of nitrogens with two attached hydrogens (primary N) is 1. The number of aromatic nitrogens is 4. The van der Waals surface area contributed by atoms with Gasteiger partial charge in [-0.3, -0.25) is 23.9 Å². The fourth-order valence-electron chi connectivity index (χ4n) is 4.36. The summed E-state index contributed by atoms with van der Waals surface area (Å²) < 4.78 is 8.91. The standard InChI is InChI=1S/C22H22N6O7/c1-9-3-2-4-10(5-9)7-27-8-28(19-13(27)20(34)26-22(23)25-19)21-18(33)14(29)11(35-21)6-24-12-15(30)17(32)16(12)31/h2-5,8,11,14,18,21,29,33H,6-7H2,1H3,(H4-,23,24,25,26,30,31,32,34)/p+1/t11-,14-,18-,21-/m1/s1. The number of benzene rings is 1. The Bertz CT molecular complexity index is 1570. The molecule has 2 aromatic heterocycles. The van der Waals surface area contributed by atoms with E-state index in [0.717, 1.165) is 11.1 Å². The van der Waals surface area contributed by atoms with Crippen LogP contribution < -0.4 is 32.0 Å². The van der Waals surface area contributed by atoms with Crippen LogP contribution >= 0.6 is 0 Å². The summed E-state index contributed by atoms with van der Waals surface area (Å²) in [6, 6.07) is 7.73. The van der Waals surface area contributed by atoms with Crippen LogP contribution in [0.1, 0.15) is 17.4 Å². The minimum Gasteiger partial charge on any atom is -0.502 e. The lowest BCUT2D eigenvalue weighted by atomic mass is 10.1. The van der Waals surface area contributed by atoms with Gasteiger partial charge in [0.15, 0.2) is 12.1 Å². The van der Waals surface area contributed by atoms with Gasteiger partial charge in [0.05, 0.1) is 6.54 Å². The van der Waals surface area contributed by atoms with E-state index in [4.69, 9.17) is 10.5 Å². The summed E-state index contributed by atoms with van der Waals surface area (Å²) in [4.78, 5) is 42.2. The number of nitrogens with one attached hydrogen (secondary N) is 2. The maximum absolute atomic E-state index is 12.8. The molecular formula is C22H23N6O7+. The van der Waals surface area contributed by atoms with Crippen molar-refractivity contribution in [3.63, 3.8) is 0 Å². The number of nitrogens with zero attached hydrogens (tertiary/aromatic N) is 3. The number of hydrogen-bond donors (Lipinski definition) is 6. The molecule has 0 bridgehead atoms. The second-order valence-electron chi connectivity index (χ2n) is 8.57. The smallest absolute Gasteiger partial charge is 0.313 e. The average Bonchev–Trinajstić information content (AvgIpc) is 3.30. The van der Waals surface area contributed by atoms with Crippen molar-refractivity contribution in [1.82, 2.24) is 14.5 Å². The number of hydrogen-bond acceptors (Lipinski definition) is 10. The van der Waals surface area contributed by atoms with Gasteiger partial charge >= 0.3 is 5.65 Å². The van der Waals surface area contributed by atoms with Gasteiger partial charge in [-0.1, -0.05) is 34.8 Å². The number of aromatic amines is 1. The van der Waals surface area contributed by atoms with E-state index in [2.05, 4.69) is 15.3 Å². The number of aryl methyl sites for hydroxylation is 1. The first kappa shape index (κ1) is 22.7. The molecule has 4 atom stereocenters. The third-order valence-corrected chi connectivity index (χ3v) is 6.10. The maximum Gasteiger partial charge on any atom is 0.313 e. The highest BCUT2D eigenvalue weighted by atomic mass is 16.6. The summed E-state index contributed by atoms with van der Waals surface area (Å²) in [6.07, 6.45) is -3.42. The van der Waals surface area contributed by atoms with Gasteiger partial charge < -0.3 is 31.1 Å². The number of ether oxygens (including phenoxy) is 1. The monoisotopic (exact) mass is 483 g/mol. The van der Waals surface area contributed by atoms with Crippen molar-refractivity contribution >= 4 is 22.8 Å². The molecule has 13 nitrogen and oxygen atoms in total. The second-order valence-corrected chi connectivity index (χ2v) is 8.57. The van der Waals surface area contributed by atoms with Gasteiger partial charge in [0.2, 0.25) is 11.7 Å². The lowest BCUT2D eigenvalue weighted by molar-refractivity contribution is -0.745. The molecule has 13 heteroatoms. The van der Waals surface area contributed by atoms with Gasteiger partial charge in [0, 0.05) is 6.54 Å². The Morgan fingerprint density at radius 1 is 1.23 bits per heavy atom. The van der Waals surface area contributed by atoms with Crippen LogP contribution in [0.25, 0.3) is 11.2 Å². The number of aliphatic hydroxyl groups excluding tert-OH is 2. The van der Waals surface area contributed by atoms with Crippen LogP contribution in [0.5, 0.6) is 5.75 Å². The molecule has 1 aliphatic rings. The number of fused-ring (bicyclic) bond motifs is 1. The molecule has 1 saturated heterocycles. The van der Waals surface area contributed by atoms with Crippen molar-refractivity contribution in [3.8, 4) is 5.75 Å². The van der Waals surface area contributed by atoms with E-state index >= 15 is 0 Å². The Hall–Kier alpha value is -4.07. The molecule has 0 saturated carbocycles. The predicted octanol–water partition coefficient (Wildman–Crippen LogP) is -2.02. The molecule has 0 radical (unpaired) electrons. The third kappa shape index (κ3) is 3.75. The van der Waals surface area contributed by atoms with Crippen LogP contribution in [-0.4, -0.2) is 54.7 Å². The summed E-state index contributed by atoms with van der Waals surface area (Å²) >= 11 is 0. The van der Waals surface area contributed by atoms with Crippen molar-refractivity contribution in [3.05, 3.63) is 72.5 Å². The number of rotatable bonds is 6. The first-order valence-electron chi connectivity index (χ1n) is 10.8. The third-order valence-electron chi connectivity index (χ3n) is 6.10. The van der Waals surface area contributed by atoms with Gasteiger partial charge in [-0.2, -0.15) is 0 Å². The summed E-state index contributed by atoms with van der Waals surface area (Å²) in [5.41, 5.74) is 5.44. The van der Waals surface area contributed by atoms with Crippen LogP contribution in [0.4, 0.5) is 11.6 Å². The number of aliphatic hydroxyl groups is 2. The second kappa shape index (κ2) is 8.30. The summed E-state index contributed by atoms with van der Waals surface area (Å²) in [6.45, 7) is 2.10. The summed E-state index contributed by atoms with van der Waals surface area (Å²) in [7, 11) is 0. The Morgan fingerprint density at radius 2 is 2.00 bits per heavy atom. The molecule has 4 aromatic rings. The topological polar surface area (TPSA) is 197 Å². The molecule has 0 spiro atoms. The van der Waals surface area contributed by atoms with E-state index < -0.39 is 46.7 Å². The van der Waals surface area contributed by atoms with Gasteiger partial charge in [-0.05, 0) is 12.5 Å². The minimum atomic E-state index is -1.42. The van der Waals surface area contributed by atoms with E-state index in [-0.39, 0.29) is 29.3 Å². The quantitative estimate of drug-likeness (QED) is 0.132. The number of nitrogen functional groups attached to an aromatic ring is 1. The Balaban J connectivity index is 1.48. The predicted molar refractivity (Wildman–Crippen MR) is 123 cm³/mol. The van der Waals surface area contributed by atoms with E-state index in [1.165, 1.54) is 4.57 Å². The van der Waals surface area contributed by atoms with Crippen LogP contribution in [0.3, 0.4) is 0 Å². The van der Waals surface area contributed by atoms with Crippen molar-refractivity contribution in [2.24, 2.45) is 0 Å². The SMILES string of the molecule is Cc1cccc(Cn2c[n+]([C@@H]3O[C@H](CNc4c(O)c(=O)c4=O)[C@@H](O)[C@H]3O)c3nc(N)[nH]c(=O)c32)c1. The van der Waals surface area contributed by atoms with Gasteiger partial charge in [0.1, 0.15) is 24.0 Å². The molecule has 182 valence electrons. The number of imidazole rings is 1. The average molecular weight is 483 g/mol. The number of H-pyrrole nitrogens is 1. The highest BCUT2D eigenvalue weighted by Crippen LogP contribution is 2.28.